The number of hydrogen-bond donors (Lipinski definition) is 2. The van der Waals surface area contributed by atoms with E-state index in [1.54, 1.807) is 36.1 Å². The van der Waals surface area contributed by atoms with Crippen LogP contribution in [0, 0.1) is 13.8 Å². The first-order valence-corrected chi connectivity index (χ1v) is 10.3. The summed E-state index contributed by atoms with van der Waals surface area (Å²) >= 11 is 5.92. The van der Waals surface area contributed by atoms with Gasteiger partial charge >= 0.3 is 0 Å². The van der Waals surface area contributed by atoms with Gasteiger partial charge in [-0.05, 0) is 44.5 Å². The van der Waals surface area contributed by atoms with E-state index in [0.717, 1.165) is 11.1 Å². The van der Waals surface area contributed by atoms with Crippen molar-refractivity contribution in [1.29, 1.82) is 0 Å². The summed E-state index contributed by atoms with van der Waals surface area (Å²) in [6, 6.07) is 6.61. The molecule has 1 amide bonds. The minimum Gasteiger partial charge on any atom is -0.453 e. The number of halogens is 1. The number of aryl methyl sites for hydroxylation is 2. The maximum absolute atomic E-state index is 13.2. The Morgan fingerprint density at radius 2 is 2.03 bits per heavy atom. The number of imidazole rings is 1. The molecule has 32 heavy (non-hydrogen) atoms. The second kappa shape index (κ2) is 8.12. The molecule has 1 atom stereocenters. The summed E-state index contributed by atoms with van der Waals surface area (Å²) in [5.41, 5.74) is 9.00. The minimum atomic E-state index is -0.698. The summed E-state index contributed by atoms with van der Waals surface area (Å²) in [5, 5.41) is 3.90. The van der Waals surface area contributed by atoms with Crippen molar-refractivity contribution < 1.29 is 9.21 Å². The third-order valence-electron chi connectivity index (χ3n) is 5.26. The number of amides is 1. The first kappa shape index (κ1) is 21.6. The lowest BCUT2D eigenvalue weighted by atomic mass is 9.99. The Kier molecular flexibility index (Phi) is 5.48. The highest BCUT2D eigenvalue weighted by molar-refractivity contribution is 6.29. The quantitative estimate of drug-likeness (QED) is 0.441. The Balaban J connectivity index is 1.88. The summed E-state index contributed by atoms with van der Waals surface area (Å²) in [7, 11) is 1.85. The van der Waals surface area contributed by atoms with Crippen LogP contribution in [0.2, 0.25) is 5.15 Å². The Hall–Kier alpha value is -3.65. The number of carbonyl (C=O) groups excluding carboxylic acids is 1. The highest BCUT2D eigenvalue weighted by Crippen LogP contribution is 2.32. The highest BCUT2D eigenvalue weighted by atomic mass is 35.5. The molecule has 4 aromatic rings. The predicted octanol–water partition coefficient (Wildman–Crippen LogP) is 4.13. The third kappa shape index (κ3) is 3.85. The van der Waals surface area contributed by atoms with Gasteiger partial charge in [0.25, 0.3) is 5.91 Å². The molecule has 0 radical (unpaired) electrons. The number of nitrogens with one attached hydrogen (secondary N) is 1. The molecular weight excluding hydrogens is 430 g/mol. The molecule has 0 fully saturated rings. The fourth-order valence-electron chi connectivity index (χ4n) is 3.71. The Labute approximate surface area is 189 Å². The van der Waals surface area contributed by atoms with Crippen molar-refractivity contribution in [2.45, 2.75) is 26.8 Å². The van der Waals surface area contributed by atoms with E-state index in [1.165, 1.54) is 0 Å². The van der Waals surface area contributed by atoms with Gasteiger partial charge in [-0.25, -0.2) is 9.97 Å². The average Bonchev–Trinajstić information content (AvgIpc) is 3.17. The molecule has 1 unspecified atom stereocenters. The van der Waals surface area contributed by atoms with Gasteiger partial charge in [-0.1, -0.05) is 17.7 Å². The molecule has 164 valence electrons. The molecule has 8 nitrogen and oxygen atoms in total. The fourth-order valence-corrected chi connectivity index (χ4v) is 3.86. The molecule has 0 aliphatic carbocycles. The summed E-state index contributed by atoms with van der Waals surface area (Å²) in [6.45, 7) is 5.54. The number of aromatic nitrogens is 3. The monoisotopic (exact) mass is 451 g/mol. The van der Waals surface area contributed by atoms with E-state index in [-0.39, 0.29) is 22.3 Å². The van der Waals surface area contributed by atoms with Gasteiger partial charge in [0.15, 0.2) is 16.9 Å². The molecule has 3 aromatic heterocycles. The first-order valence-electron chi connectivity index (χ1n) is 9.95. The summed E-state index contributed by atoms with van der Waals surface area (Å²) in [5.74, 6) is -0.276. The number of nitrogens with zero attached hydrogens (tertiary/aromatic N) is 3. The zero-order valence-corrected chi connectivity index (χ0v) is 18.8. The van der Waals surface area contributed by atoms with Gasteiger partial charge in [-0.15, -0.1) is 0 Å². The lowest BCUT2D eigenvalue weighted by molar-refractivity contribution is 0.0996. The molecular formula is C23H22ClN5O3. The molecule has 9 heteroatoms. The van der Waals surface area contributed by atoms with E-state index < -0.39 is 5.91 Å². The number of rotatable bonds is 5. The van der Waals surface area contributed by atoms with E-state index in [0.29, 0.717) is 33.7 Å². The predicted molar refractivity (Wildman–Crippen MR) is 124 cm³/mol. The van der Waals surface area contributed by atoms with Crippen molar-refractivity contribution in [2.75, 3.05) is 5.32 Å². The fraction of sp³-hybridized carbons (Fsp3) is 0.217. The summed E-state index contributed by atoms with van der Waals surface area (Å²) in [4.78, 5) is 33.4. The molecule has 1 aromatic carbocycles. The molecule has 0 bridgehead atoms. The van der Waals surface area contributed by atoms with Crippen molar-refractivity contribution in [3.05, 3.63) is 74.6 Å². The lowest BCUT2D eigenvalue weighted by Crippen LogP contribution is -2.18. The van der Waals surface area contributed by atoms with Gasteiger partial charge in [0.05, 0.1) is 23.4 Å². The largest absolute Gasteiger partial charge is 0.453 e. The topological polar surface area (TPSA) is 116 Å². The maximum atomic E-state index is 13.2. The first-order chi connectivity index (χ1) is 15.2. The number of primary amides is 1. The van der Waals surface area contributed by atoms with Crippen molar-refractivity contribution in [1.82, 2.24) is 14.5 Å². The number of hydrogen-bond acceptors (Lipinski definition) is 6. The number of pyridine rings is 1. The molecule has 4 rings (SSSR count). The van der Waals surface area contributed by atoms with Gasteiger partial charge in [-0.2, -0.15) is 0 Å². The SMILES string of the molecule is Cc1cc(C(C)Nc2ccc(Cl)nc2C(N)=O)c2oc(-c3cn(C)cn3)c(C)c(=O)c2c1. The van der Waals surface area contributed by atoms with Gasteiger partial charge in [-0.3, -0.25) is 9.59 Å². The van der Waals surface area contributed by atoms with Crippen molar-refractivity contribution in [2.24, 2.45) is 12.8 Å². The van der Waals surface area contributed by atoms with Crippen LogP contribution in [0.1, 0.15) is 40.1 Å². The van der Waals surface area contributed by atoms with Gasteiger partial charge in [0, 0.05) is 24.4 Å². The van der Waals surface area contributed by atoms with Crippen LogP contribution in [0.3, 0.4) is 0 Å². The van der Waals surface area contributed by atoms with Crippen molar-refractivity contribution in [3.63, 3.8) is 0 Å². The van der Waals surface area contributed by atoms with Crippen LogP contribution in [0.25, 0.3) is 22.4 Å². The molecule has 0 aliphatic rings. The van der Waals surface area contributed by atoms with E-state index >= 15 is 0 Å². The lowest BCUT2D eigenvalue weighted by Gasteiger charge is -2.19. The zero-order valence-electron chi connectivity index (χ0n) is 18.1. The second-order valence-electron chi connectivity index (χ2n) is 7.80. The number of nitrogens with two attached hydrogens (primary N) is 1. The third-order valence-corrected chi connectivity index (χ3v) is 5.47. The zero-order chi connectivity index (χ0) is 23.2. The number of fused-ring (bicyclic) bond motifs is 1. The van der Waals surface area contributed by atoms with Crippen molar-refractivity contribution in [3.8, 4) is 11.5 Å². The van der Waals surface area contributed by atoms with Crippen LogP contribution >= 0.6 is 11.6 Å². The van der Waals surface area contributed by atoms with Gasteiger partial charge in [0.1, 0.15) is 16.4 Å². The minimum absolute atomic E-state index is 0.0350. The van der Waals surface area contributed by atoms with Crippen LogP contribution in [0.5, 0.6) is 0 Å². The Morgan fingerprint density at radius 3 is 2.69 bits per heavy atom. The molecule has 3 N–H and O–H groups in total. The highest BCUT2D eigenvalue weighted by Gasteiger charge is 2.21. The summed E-state index contributed by atoms with van der Waals surface area (Å²) in [6.07, 6.45) is 3.45. The number of benzene rings is 1. The van der Waals surface area contributed by atoms with Crippen LogP contribution < -0.4 is 16.5 Å². The molecule has 0 aliphatic heterocycles. The molecule has 3 heterocycles. The maximum Gasteiger partial charge on any atom is 0.269 e. The Morgan fingerprint density at radius 1 is 1.28 bits per heavy atom. The second-order valence-corrected chi connectivity index (χ2v) is 8.19. The molecule has 0 saturated carbocycles. The van der Waals surface area contributed by atoms with E-state index in [4.69, 9.17) is 21.8 Å². The van der Waals surface area contributed by atoms with E-state index in [1.807, 2.05) is 33.0 Å². The van der Waals surface area contributed by atoms with Crippen molar-refractivity contribution >= 4 is 34.2 Å². The standard InChI is InChI=1S/C23H22ClN5O3/c1-11-7-14(13(3)27-16-5-6-18(24)28-19(16)23(25)31)22-15(8-11)20(30)12(2)21(32-22)17-9-29(4)10-26-17/h5-10,13,27H,1-4H3,(H2,25,31). The molecule has 0 saturated heterocycles. The van der Waals surface area contributed by atoms with Gasteiger partial charge in [0.2, 0.25) is 0 Å². The summed E-state index contributed by atoms with van der Waals surface area (Å²) < 4.78 is 8.06. The normalized spacial score (nSPS) is 12.2. The molecule has 0 spiro atoms. The number of anilines is 1. The van der Waals surface area contributed by atoms with Crippen LogP contribution in [0.4, 0.5) is 5.69 Å². The van der Waals surface area contributed by atoms with Crippen LogP contribution in [-0.4, -0.2) is 20.4 Å². The number of carbonyl (C=O) groups is 1. The Bertz CT molecular complexity index is 1420. The van der Waals surface area contributed by atoms with Gasteiger partial charge < -0.3 is 20.0 Å². The van der Waals surface area contributed by atoms with E-state index in [9.17, 15) is 9.59 Å². The van der Waals surface area contributed by atoms with Crippen LogP contribution in [-0.2, 0) is 7.05 Å². The van der Waals surface area contributed by atoms with E-state index in [2.05, 4.69) is 15.3 Å². The smallest absolute Gasteiger partial charge is 0.269 e. The average molecular weight is 452 g/mol. The van der Waals surface area contributed by atoms with Crippen LogP contribution in [0.15, 0.2) is 46.0 Å².